The number of hydrogen-bond donors (Lipinski definition) is 0. The van der Waals surface area contributed by atoms with Crippen molar-refractivity contribution in [1.82, 2.24) is 24.3 Å². The van der Waals surface area contributed by atoms with Crippen LogP contribution < -0.4 is 0 Å². The van der Waals surface area contributed by atoms with E-state index in [1.54, 1.807) is 0 Å². The van der Waals surface area contributed by atoms with Crippen LogP contribution in [0.25, 0.3) is 94.9 Å². The first-order valence-electron chi connectivity index (χ1n) is 17.7. The van der Waals surface area contributed by atoms with Crippen LogP contribution in [-0.2, 0) is 0 Å². The molecule has 0 aliphatic heterocycles. The molecule has 10 rings (SSSR count). The molecule has 5 aromatic carbocycles. The number of nitrogens with zero attached hydrogens (tertiary/aromatic N) is 5. The van der Waals surface area contributed by atoms with Crippen molar-refractivity contribution in [1.29, 1.82) is 0 Å². The zero-order chi connectivity index (χ0) is 35.1. The van der Waals surface area contributed by atoms with Crippen LogP contribution >= 0.6 is 0 Å². The fraction of sp³-hybridized carbons (Fsp3) is 0. The van der Waals surface area contributed by atoms with Crippen molar-refractivity contribution in [3.63, 3.8) is 0 Å². The van der Waals surface area contributed by atoms with Gasteiger partial charge in [-0.05, 0) is 77.4 Å². The average molecular weight is 678 g/mol. The molecule has 5 aromatic heterocycles. The Bertz CT molecular complexity index is 2810. The van der Waals surface area contributed by atoms with Gasteiger partial charge in [0.05, 0.1) is 50.5 Å². The van der Waals surface area contributed by atoms with Gasteiger partial charge in [-0.3, -0.25) is 9.97 Å². The SMILES string of the molecule is c1ccc(-c2ccc(-c3cc(-c4cccc(-c5nc6ccccc6n6c5cc5ccccc56)c4)cc(-c4ccc(-c5ccccn5)cc4)n3)nc2)cc1. The Labute approximate surface area is 306 Å². The average Bonchev–Trinajstić information content (AvgIpc) is 3.64. The van der Waals surface area contributed by atoms with Gasteiger partial charge in [-0.2, -0.15) is 0 Å². The third-order valence-electron chi connectivity index (χ3n) is 9.88. The third-order valence-corrected chi connectivity index (χ3v) is 9.88. The summed E-state index contributed by atoms with van der Waals surface area (Å²) in [7, 11) is 0. The van der Waals surface area contributed by atoms with E-state index in [2.05, 4.69) is 149 Å². The lowest BCUT2D eigenvalue weighted by molar-refractivity contribution is 1.25. The minimum absolute atomic E-state index is 0.806. The predicted octanol–water partition coefficient (Wildman–Crippen LogP) is 11.8. The molecular weight excluding hydrogens is 647 g/mol. The monoisotopic (exact) mass is 677 g/mol. The number of aromatic nitrogens is 5. The van der Waals surface area contributed by atoms with Gasteiger partial charge in [0.25, 0.3) is 0 Å². The standard InChI is InChI=1S/C48H31N5/c1-2-11-32(12-3-1)38-24-25-41(50-31-38)44-29-39(28-43(51-44)34-22-20-33(21-23-34)40-16-8-9-26-49-40)35-14-10-15-37(27-35)48-47-30-36-13-4-6-18-45(36)53(47)46-19-7-5-17-42(46)52-48/h1-31H. The van der Waals surface area contributed by atoms with Gasteiger partial charge in [-0.25, -0.2) is 9.97 Å². The summed E-state index contributed by atoms with van der Waals surface area (Å²) in [6, 6.07) is 61.1. The zero-order valence-electron chi connectivity index (χ0n) is 28.6. The molecule has 0 amide bonds. The summed E-state index contributed by atoms with van der Waals surface area (Å²) in [5, 5.41) is 1.19. The summed E-state index contributed by atoms with van der Waals surface area (Å²) in [5.41, 5.74) is 16.1. The summed E-state index contributed by atoms with van der Waals surface area (Å²) >= 11 is 0. The van der Waals surface area contributed by atoms with E-state index < -0.39 is 0 Å². The van der Waals surface area contributed by atoms with Crippen LogP contribution in [0.1, 0.15) is 0 Å². The van der Waals surface area contributed by atoms with E-state index in [9.17, 15) is 0 Å². The highest BCUT2D eigenvalue weighted by molar-refractivity contribution is 5.99. The molecule has 0 unspecified atom stereocenters. The van der Waals surface area contributed by atoms with E-state index in [4.69, 9.17) is 15.0 Å². The Balaban J connectivity index is 1.12. The number of hydrogen-bond acceptors (Lipinski definition) is 4. The highest BCUT2D eigenvalue weighted by Crippen LogP contribution is 2.36. The van der Waals surface area contributed by atoms with Crippen molar-refractivity contribution >= 4 is 27.5 Å². The second-order valence-corrected chi connectivity index (χ2v) is 13.2. The molecule has 0 spiro atoms. The fourth-order valence-corrected chi connectivity index (χ4v) is 7.24. The molecule has 53 heavy (non-hydrogen) atoms. The van der Waals surface area contributed by atoms with Gasteiger partial charge in [0.2, 0.25) is 0 Å². The van der Waals surface area contributed by atoms with Gasteiger partial charge in [0.1, 0.15) is 0 Å². The molecule has 10 aromatic rings. The summed E-state index contributed by atoms with van der Waals surface area (Å²) in [4.78, 5) is 19.9. The highest BCUT2D eigenvalue weighted by atomic mass is 14.9. The molecule has 0 aliphatic carbocycles. The first kappa shape index (κ1) is 30.6. The molecule has 0 aliphatic rings. The van der Waals surface area contributed by atoms with Crippen LogP contribution in [0.3, 0.4) is 0 Å². The minimum Gasteiger partial charge on any atom is -0.306 e. The van der Waals surface area contributed by atoms with Crippen LogP contribution in [0.5, 0.6) is 0 Å². The fourth-order valence-electron chi connectivity index (χ4n) is 7.24. The lowest BCUT2D eigenvalue weighted by atomic mass is 9.98. The molecule has 0 saturated heterocycles. The summed E-state index contributed by atoms with van der Waals surface area (Å²) < 4.78 is 2.34. The van der Waals surface area contributed by atoms with Gasteiger partial charge in [-0.15, -0.1) is 0 Å². The molecule has 5 nitrogen and oxygen atoms in total. The van der Waals surface area contributed by atoms with E-state index >= 15 is 0 Å². The van der Waals surface area contributed by atoms with Crippen LogP contribution in [0, 0.1) is 0 Å². The van der Waals surface area contributed by atoms with Crippen molar-refractivity contribution < 1.29 is 0 Å². The van der Waals surface area contributed by atoms with E-state index in [1.165, 1.54) is 10.9 Å². The summed E-state index contributed by atoms with van der Waals surface area (Å²) in [5.74, 6) is 0. The summed E-state index contributed by atoms with van der Waals surface area (Å²) in [6.07, 6.45) is 3.75. The van der Waals surface area contributed by atoms with Crippen molar-refractivity contribution in [3.8, 4) is 67.4 Å². The van der Waals surface area contributed by atoms with Crippen molar-refractivity contribution in [3.05, 3.63) is 188 Å². The molecule has 0 saturated carbocycles. The molecule has 0 fully saturated rings. The Morgan fingerprint density at radius 2 is 1.04 bits per heavy atom. The van der Waals surface area contributed by atoms with E-state index in [-0.39, 0.29) is 0 Å². The second kappa shape index (κ2) is 12.8. The lowest BCUT2D eigenvalue weighted by Gasteiger charge is -2.13. The molecule has 0 N–H and O–H groups in total. The molecule has 248 valence electrons. The number of rotatable bonds is 6. The van der Waals surface area contributed by atoms with Gasteiger partial charge in [-0.1, -0.05) is 115 Å². The Morgan fingerprint density at radius 3 is 1.85 bits per heavy atom. The van der Waals surface area contributed by atoms with Crippen molar-refractivity contribution in [2.75, 3.05) is 0 Å². The van der Waals surface area contributed by atoms with Crippen LogP contribution in [0.4, 0.5) is 0 Å². The van der Waals surface area contributed by atoms with Gasteiger partial charge in [0, 0.05) is 40.0 Å². The molecule has 0 bridgehead atoms. The first-order chi connectivity index (χ1) is 26.2. The van der Waals surface area contributed by atoms with Gasteiger partial charge < -0.3 is 4.40 Å². The highest BCUT2D eigenvalue weighted by Gasteiger charge is 2.16. The second-order valence-electron chi connectivity index (χ2n) is 13.2. The van der Waals surface area contributed by atoms with Crippen molar-refractivity contribution in [2.24, 2.45) is 0 Å². The molecule has 5 heterocycles. The summed E-state index contributed by atoms with van der Waals surface area (Å²) in [6.45, 7) is 0. The minimum atomic E-state index is 0.806. The largest absolute Gasteiger partial charge is 0.306 e. The quantitative estimate of drug-likeness (QED) is 0.176. The lowest BCUT2D eigenvalue weighted by Crippen LogP contribution is -1.96. The number of para-hydroxylation sites is 3. The first-order valence-corrected chi connectivity index (χ1v) is 17.7. The van der Waals surface area contributed by atoms with Crippen LogP contribution in [-0.4, -0.2) is 24.3 Å². The van der Waals surface area contributed by atoms with E-state index in [1.807, 2.05) is 48.8 Å². The third kappa shape index (κ3) is 5.61. The number of fused-ring (bicyclic) bond motifs is 5. The van der Waals surface area contributed by atoms with Crippen LogP contribution in [0.2, 0.25) is 0 Å². The van der Waals surface area contributed by atoms with Crippen molar-refractivity contribution in [2.45, 2.75) is 0 Å². The van der Waals surface area contributed by atoms with Gasteiger partial charge >= 0.3 is 0 Å². The van der Waals surface area contributed by atoms with Crippen LogP contribution in [0.15, 0.2) is 188 Å². The Morgan fingerprint density at radius 1 is 0.340 bits per heavy atom. The molecule has 0 atom stereocenters. The maximum absolute atomic E-state index is 5.25. The predicted molar refractivity (Wildman–Crippen MR) is 216 cm³/mol. The molecular formula is C48H31N5. The Hall–Kier alpha value is -7.24. The van der Waals surface area contributed by atoms with Gasteiger partial charge in [0.15, 0.2) is 0 Å². The maximum Gasteiger partial charge on any atom is 0.0951 e. The Kier molecular flexibility index (Phi) is 7.40. The maximum atomic E-state index is 5.25. The smallest absolute Gasteiger partial charge is 0.0951 e. The molecule has 5 heteroatoms. The number of benzene rings is 5. The number of pyridine rings is 3. The topological polar surface area (TPSA) is 56.0 Å². The van der Waals surface area contributed by atoms with E-state index in [0.717, 1.165) is 84.0 Å². The molecule has 0 radical (unpaired) electrons. The zero-order valence-corrected chi connectivity index (χ0v) is 28.6. The normalized spacial score (nSPS) is 11.4. The van der Waals surface area contributed by atoms with E-state index in [0.29, 0.717) is 0 Å².